The summed E-state index contributed by atoms with van der Waals surface area (Å²) in [6.45, 7) is 1.98. The summed E-state index contributed by atoms with van der Waals surface area (Å²) in [5.74, 6) is 1.57. The van der Waals surface area contributed by atoms with Crippen LogP contribution >= 0.6 is 0 Å². The van der Waals surface area contributed by atoms with Crippen LogP contribution in [0.2, 0.25) is 0 Å². The lowest BCUT2D eigenvalue weighted by Crippen LogP contribution is -2.22. The molecule has 0 fully saturated rings. The first-order valence-electron chi connectivity index (χ1n) is 6.13. The van der Waals surface area contributed by atoms with Gasteiger partial charge in [0, 0.05) is 11.6 Å². The number of hydrogen-bond acceptors (Lipinski definition) is 2. The average molecular weight is 227 g/mol. The van der Waals surface area contributed by atoms with Crippen molar-refractivity contribution in [3.8, 4) is 0 Å². The number of aryl methyl sites for hydroxylation is 1. The van der Waals surface area contributed by atoms with Gasteiger partial charge in [0.05, 0.1) is 6.26 Å². The fraction of sp³-hybridized carbons (Fsp3) is 0.333. The summed E-state index contributed by atoms with van der Waals surface area (Å²) >= 11 is 0. The molecule has 17 heavy (non-hydrogen) atoms. The Morgan fingerprint density at radius 3 is 2.88 bits per heavy atom. The summed E-state index contributed by atoms with van der Waals surface area (Å²) in [4.78, 5) is 0. The lowest BCUT2D eigenvalue weighted by molar-refractivity contribution is 0.482. The number of fused-ring (bicyclic) bond motifs is 1. The maximum Gasteiger partial charge on any atom is 0.105 e. The number of benzene rings is 1. The smallest absolute Gasteiger partial charge is 0.105 e. The van der Waals surface area contributed by atoms with Gasteiger partial charge in [0.25, 0.3) is 0 Å². The van der Waals surface area contributed by atoms with Crippen LogP contribution in [-0.2, 0) is 6.42 Å². The molecule has 1 aromatic carbocycles. The molecule has 2 atom stereocenters. The Bertz CT molecular complexity index is 529. The maximum absolute atomic E-state index is 6.25. The zero-order valence-corrected chi connectivity index (χ0v) is 10.0. The standard InChI is InChI=1S/C15H17NO/c1-10-13(6-7-17-10)15(16)9-12-8-11-4-2-3-5-14(11)12/h2-7,12,15H,8-9,16H2,1H3. The van der Waals surface area contributed by atoms with Gasteiger partial charge in [0.2, 0.25) is 0 Å². The van der Waals surface area contributed by atoms with E-state index in [1.54, 1.807) is 6.26 Å². The van der Waals surface area contributed by atoms with E-state index < -0.39 is 0 Å². The predicted molar refractivity (Wildman–Crippen MR) is 67.9 cm³/mol. The molecular weight excluding hydrogens is 210 g/mol. The molecule has 3 rings (SSSR count). The highest BCUT2D eigenvalue weighted by atomic mass is 16.3. The van der Waals surface area contributed by atoms with E-state index in [2.05, 4.69) is 24.3 Å². The van der Waals surface area contributed by atoms with Gasteiger partial charge in [-0.25, -0.2) is 0 Å². The normalized spacial score (nSPS) is 19.5. The second-order valence-corrected chi connectivity index (χ2v) is 4.87. The van der Waals surface area contributed by atoms with E-state index in [1.807, 2.05) is 13.0 Å². The van der Waals surface area contributed by atoms with E-state index in [9.17, 15) is 0 Å². The van der Waals surface area contributed by atoms with Gasteiger partial charge in [-0.3, -0.25) is 0 Å². The maximum atomic E-state index is 6.25. The molecule has 2 N–H and O–H groups in total. The number of furan rings is 1. The Labute approximate surface area is 101 Å². The van der Waals surface area contributed by atoms with Gasteiger partial charge in [-0.2, -0.15) is 0 Å². The van der Waals surface area contributed by atoms with Crippen LogP contribution in [0.3, 0.4) is 0 Å². The summed E-state index contributed by atoms with van der Waals surface area (Å²) in [5.41, 5.74) is 10.4. The van der Waals surface area contributed by atoms with Crippen molar-refractivity contribution in [2.75, 3.05) is 0 Å². The fourth-order valence-electron chi connectivity index (χ4n) is 2.79. The van der Waals surface area contributed by atoms with Crippen LogP contribution in [0, 0.1) is 6.92 Å². The highest BCUT2D eigenvalue weighted by Crippen LogP contribution is 2.40. The third-order valence-electron chi connectivity index (χ3n) is 3.80. The first-order chi connectivity index (χ1) is 8.25. The quantitative estimate of drug-likeness (QED) is 0.873. The summed E-state index contributed by atoms with van der Waals surface area (Å²) in [6.07, 6.45) is 3.90. The van der Waals surface area contributed by atoms with Crippen LogP contribution in [0.25, 0.3) is 0 Å². The van der Waals surface area contributed by atoms with E-state index in [4.69, 9.17) is 10.2 Å². The van der Waals surface area contributed by atoms with Crippen LogP contribution in [-0.4, -0.2) is 0 Å². The molecular formula is C15H17NO. The van der Waals surface area contributed by atoms with Crippen molar-refractivity contribution in [2.24, 2.45) is 5.73 Å². The third kappa shape index (κ3) is 1.79. The molecule has 1 aliphatic carbocycles. The topological polar surface area (TPSA) is 39.2 Å². The average Bonchev–Trinajstić information content (AvgIpc) is 2.72. The lowest BCUT2D eigenvalue weighted by atomic mass is 9.74. The van der Waals surface area contributed by atoms with Crippen molar-refractivity contribution >= 4 is 0 Å². The molecule has 1 aliphatic rings. The molecule has 2 unspecified atom stereocenters. The molecule has 1 aromatic heterocycles. The summed E-state index contributed by atoms with van der Waals surface area (Å²) in [5, 5.41) is 0. The van der Waals surface area contributed by atoms with Crippen molar-refractivity contribution in [3.05, 3.63) is 59.0 Å². The predicted octanol–water partition coefficient (Wildman–Crippen LogP) is 3.32. The van der Waals surface area contributed by atoms with Crippen molar-refractivity contribution in [2.45, 2.75) is 31.7 Å². The fourth-order valence-corrected chi connectivity index (χ4v) is 2.79. The summed E-state index contributed by atoms with van der Waals surface area (Å²) in [6, 6.07) is 10.7. The van der Waals surface area contributed by atoms with E-state index in [1.165, 1.54) is 17.5 Å². The van der Waals surface area contributed by atoms with E-state index in [-0.39, 0.29) is 6.04 Å². The monoisotopic (exact) mass is 227 g/mol. The van der Waals surface area contributed by atoms with Crippen molar-refractivity contribution in [1.82, 2.24) is 0 Å². The van der Waals surface area contributed by atoms with E-state index >= 15 is 0 Å². The van der Waals surface area contributed by atoms with Crippen LogP contribution in [0.15, 0.2) is 41.0 Å². The minimum Gasteiger partial charge on any atom is -0.469 e. The van der Waals surface area contributed by atoms with Crippen LogP contribution in [0.5, 0.6) is 0 Å². The molecule has 2 aromatic rings. The van der Waals surface area contributed by atoms with Gasteiger partial charge < -0.3 is 10.2 Å². The second-order valence-electron chi connectivity index (χ2n) is 4.87. The van der Waals surface area contributed by atoms with Crippen molar-refractivity contribution < 1.29 is 4.42 Å². The summed E-state index contributed by atoms with van der Waals surface area (Å²) in [7, 11) is 0. The first-order valence-corrected chi connectivity index (χ1v) is 6.13. The van der Waals surface area contributed by atoms with Gasteiger partial charge in [0.1, 0.15) is 5.76 Å². The lowest BCUT2D eigenvalue weighted by Gasteiger charge is -2.32. The molecule has 0 aliphatic heterocycles. The van der Waals surface area contributed by atoms with Gasteiger partial charge in [-0.05, 0) is 42.9 Å². The highest BCUT2D eigenvalue weighted by Gasteiger charge is 2.28. The van der Waals surface area contributed by atoms with Crippen LogP contribution in [0.1, 0.15) is 40.8 Å². The van der Waals surface area contributed by atoms with E-state index in [0.29, 0.717) is 5.92 Å². The molecule has 0 saturated heterocycles. The van der Waals surface area contributed by atoms with Crippen LogP contribution < -0.4 is 5.73 Å². The van der Waals surface area contributed by atoms with Gasteiger partial charge >= 0.3 is 0 Å². The molecule has 2 nitrogen and oxygen atoms in total. The minimum absolute atomic E-state index is 0.0899. The van der Waals surface area contributed by atoms with Gasteiger partial charge in [-0.15, -0.1) is 0 Å². The number of nitrogens with two attached hydrogens (primary N) is 1. The minimum atomic E-state index is 0.0899. The Morgan fingerprint density at radius 1 is 1.35 bits per heavy atom. The van der Waals surface area contributed by atoms with E-state index in [0.717, 1.165) is 17.7 Å². The first kappa shape index (κ1) is 10.6. The zero-order chi connectivity index (χ0) is 11.8. The van der Waals surface area contributed by atoms with Gasteiger partial charge in [0.15, 0.2) is 0 Å². The molecule has 1 heterocycles. The molecule has 0 saturated carbocycles. The molecule has 0 radical (unpaired) electrons. The van der Waals surface area contributed by atoms with Crippen LogP contribution in [0.4, 0.5) is 0 Å². The molecule has 0 bridgehead atoms. The Balaban J connectivity index is 1.72. The van der Waals surface area contributed by atoms with Gasteiger partial charge in [-0.1, -0.05) is 24.3 Å². The number of rotatable bonds is 3. The van der Waals surface area contributed by atoms with Crippen molar-refractivity contribution in [3.63, 3.8) is 0 Å². The largest absolute Gasteiger partial charge is 0.469 e. The number of hydrogen-bond donors (Lipinski definition) is 1. The Morgan fingerprint density at radius 2 is 2.18 bits per heavy atom. The Hall–Kier alpha value is -1.54. The Kier molecular flexibility index (Phi) is 2.52. The zero-order valence-electron chi connectivity index (χ0n) is 10.0. The SMILES string of the molecule is Cc1occc1C(N)CC1Cc2ccccc21. The molecule has 88 valence electrons. The second kappa shape index (κ2) is 4.04. The molecule has 2 heteroatoms. The summed E-state index contributed by atoms with van der Waals surface area (Å²) < 4.78 is 5.31. The van der Waals surface area contributed by atoms with Crippen molar-refractivity contribution in [1.29, 1.82) is 0 Å². The third-order valence-corrected chi connectivity index (χ3v) is 3.80. The highest BCUT2D eigenvalue weighted by molar-refractivity contribution is 5.40. The molecule has 0 spiro atoms. The molecule has 0 amide bonds.